The Balaban J connectivity index is 1.77. The van der Waals surface area contributed by atoms with E-state index >= 15 is 0 Å². The standard InChI is InChI=1S/C19H20FNO/c1-14(22)18-12-21(11-15-5-3-2-4-6-15)13-19(18)16-7-9-17(20)10-8-16/h2-10,18-19H,11-13H2,1H3. The Morgan fingerprint density at radius 3 is 2.41 bits per heavy atom. The van der Waals surface area contributed by atoms with Gasteiger partial charge in [0.15, 0.2) is 0 Å². The zero-order valence-corrected chi connectivity index (χ0v) is 12.7. The van der Waals surface area contributed by atoms with Crippen molar-refractivity contribution in [2.45, 2.75) is 19.4 Å². The van der Waals surface area contributed by atoms with Gasteiger partial charge in [-0.2, -0.15) is 0 Å². The number of halogens is 1. The van der Waals surface area contributed by atoms with Crippen molar-refractivity contribution < 1.29 is 9.18 Å². The fourth-order valence-corrected chi connectivity index (χ4v) is 3.32. The molecule has 1 fully saturated rings. The first-order valence-corrected chi connectivity index (χ1v) is 7.65. The summed E-state index contributed by atoms with van der Waals surface area (Å²) >= 11 is 0. The van der Waals surface area contributed by atoms with Crippen LogP contribution in [0.25, 0.3) is 0 Å². The third kappa shape index (κ3) is 3.25. The molecule has 0 bridgehead atoms. The molecule has 1 aliphatic rings. The summed E-state index contributed by atoms with van der Waals surface area (Å²) in [6.07, 6.45) is 0. The van der Waals surface area contributed by atoms with Gasteiger partial charge in [0.1, 0.15) is 11.6 Å². The second-order valence-corrected chi connectivity index (χ2v) is 6.05. The molecule has 2 aromatic rings. The molecule has 22 heavy (non-hydrogen) atoms. The summed E-state index contributed by atoms with van der Waals surface area (Å²) in [5.74, 6) is 0.128. The van der Waals surface area contributed by atoms with Gasteiger partial charge in [-0.25, -0.2) is 4.39 Å². The first-order chi connectivity index (χ1) is 10.6. The lowest BCUT2D eigenvalue weighted by molar-refractivity contribution is -0.120. The minimum atomic E-state index is -0.234. The summed E-state index contributed by atoms with van der Waals surface area (Å²) in [6.45, 7) is 4.12. The molecule has 2 aromatic carbocycles. The number of nitrogens with zero attached hydrogens (tertiary/aromatic N) is 1. The molecule has 0 radical (unpaired) electrons. The van der Waals surface area contributed by atoms with Crippen LogP contribution in [0.4, 0.5) is 4.39 Å². The van der Waals surface area contributed by atoms with Crippen molar-refractivity contribution in [3.63, 3.8) is 0 Å². The fraction of sp³-hybridized carbons (Fsp3) is 0.316. The summed E-state index contributed by atoms with van der Waals surface area (Å²) in [5.41, 5.74) is 2.31. The second-order valence-electron chi connectivity index (χ2n) is 6.05. The third-order valence-corrected chi connectivity index (χ3v) is 4.46. The summed E-state index contributed by atoms with van der Waals surface area (Å²) in [5, 5.41) is 0. The molecule has 114 valence electrons. The molecule has 2 atom stereocenters. The van der Waals surface area contributed by atoms with E-state index in [9.17, 15) is 9.18 Å². The van der Waals surface area contributed by atoms with Crippen LogP contribution in [0, 0.1) is 11.7 Å². The second kappa shape index (κ2) is 6.41. The van der Waals surface area contributed by atoms with E-state index in [0.29, 0.717) is 0 Å². The van der Waals surface area contributed by atoms with Crippen molar-refractivity contribution in [1.29, 1.82) is 0 Å². The zero-order valence-electron chi connectivity index (χ0n) is 12.7. The minimum Gasteiger partial charge on any atom is -0.300 e. The monoisotopic (exact) mass is 297 g/mol. The van der Waals surface area contributed by atoms with Gasteiger partial charge in [0.25, 0.3) is 0 Å². The summed E-state index contributed by atoms with van der Waals surface area (Å²) in [4.78, 5) is 14.3. The predicted octanol–water partition coefficient (Wildman–Crippen LogP) is 3.63. The van der Waals surface area contributed by atoms with Gasteiger partial charge in [-0.3, -0.25) is 9.69 Å². The van der Waals surface area contributed by atoms with Gasteiger partial charge >= 0.3 is 0 Å². The predicted molar refractivity (Wildman–Crippen MR) is 85.0 cm³/mol. The molecule has 0 aliphatic carbocycles. The normalized spacial score (nSPS) is 21.9. The number of rotatable bonds is 4. The summed E-state index contributed by atoms with van der Waals surface area (Å²) in [6, 6.07) is 16.9. The van der Waals surface area contributed by atoms with E-state index in [0.717, 1.165) is 25.2 Å². The highest BCUT2D eigenvalue weighted by Gasteiger charge is 2.36. The van der Waals surface area contributed by atoms with Crippen LogP contribution in [-0.4, -0.2) is 23.8 Å². The van der Waals surface area contributed by atoms with E-state index in [2.05, 4.69) is 17.0 Å². The van der Waals surface area contributed by atoms with Crippen molar-refractivity contribution >= 4 is 5.78 Å². The average molecular weight is 297 g/mol. The van der Waals surface area contributed by atoms with Gasteiger partial charge in [0, 0.05) is 31.5 Å². The Hall–Kier alpha value is -2.00. The molecular weight excluding hydrogens is 277 g/mol. The van der Waals surface area contributed by atoms with E-state index in [1.165, 1.54) is 17.7 Å². The summed E-state index contributed by atoms with van der Waals surface area (Å²) < 4.78 is 13.1. The number of benzene rings is 2. The Morgan fingerprint density at radius 1 is 1.09 bits per heavy atom. The van der Waals surface area contributed by atoms with Crippen molar-refractivity contribution in [1.82, 2.24) is 4.90 Å². The van der Waals surface area contributed by atoms with Crippen LogP contribution in [0.1, 0.15) is 24.0 Å². The van der Waals surface area contributed by atoms with Crippen LogP contribution in [0.2, 0.25) is 0 Å². The van der Waals surface area contributed by atoms with Crippen molar-refractivity contribution in [3.05, 3.63) is 71.5 Å². The number of carbonyl (C=O) groups excluding carboxylic acids is 1. The Kier molecular flexibility index (Phi) is 4.34. The lowest BCUT2D eigenvalue weighted by Crippen LogP contribution is -2.22. The molecular formula is C19H20FNO. The maximum absolute atomic E-state index is 13.1. The first kappa shape index (κ1) is 14.9. The Bertz CT molecular complexity index is 638. The molecule has 0 N–H and O–H groups in total. The van der Waals surface area contributed by atoms with E-state index < -0.39 is 0 Å². The van der Waals surface area contributed by atoms with Crippen LogP contribution in [0.3, 0.4) is 0 Å². The lowest BCUT2D eigenvalue weighted by Gasteiger charge is -2.16. The van der Waals surface area contributed by atoms with Crippen LogP contribution >= 0.6 is 0 Å². The highest BCUT2D eigenvalue weighted by molar-refractivity contribution is 5.80. The molecule has 1 heterocycles. The maximum Gasteiger partial charge on any atom is 0.134 e. The van der Waals surface area contributed by atoms with E-state index in [1.807, 2.05) is 30.3 Å². The van der Waals surface area contributed by atoms with Crippen molar-refractivity contribution in [2.24, 2.45) is 5.92 Å². The molecule has 1 aliphatic heterocycles. The van der Waals surface area contributed by atoms with Crippen molar-refractivity contribution in [2.75, 3.05) is 13.1 Å². The number of Topliss-reactive ketones (excluding diaryl/α,β-unsaturated/α-hetero) is 1. The smallest absolute Gasteiger partial charge is 0.134 e. The van der Waals surface area contributed by atoms with Crippen molar-refractivity contribution in [3.8, 4) is 0 Å². The quantitative estimate of drug-likeness (QED) is 0.859. The highest BCUT2D eigenvalue weighted by Crippen LogP contribution is 2.34. The van der Waals surface area contributed by atoms with Gasteiger partial charge in [0.05, 0.1) is 0 Å². The highest BCUT2D eigenvalue weighted by atomic mass is 19.1. The lowest BCUT2D eigenvalue weighted by atomic mass is 9.87. The van der Waals surface area contributed by atoms with Gasteiger partial charge < -0.3 is 0 Å². The average Bonchev–Trinajstić information content (AvgIpc) is 2.93. The number of carbonyl (C=O) groups is 1. The molecule has 3 rings (SSSR count). The van der Waals surface area contributed by atoms with Crippen LogP contribution in [0.15, 0.2) is 54.6 Å². The SMILES string of the molecule is CC(=O)C1CN(Cc2ccccc2)CC1c1ccc(F)cc1. The molecule has 1 saturated heterocycles. The van der Waals surface area contributed by atoms with E-state index in [1.54, 1.807) is 6.92 Å². The molecule has 3 heteroatoms. The van der Waals surface area contributed by atoms with Crippen LogP contribution in [-0.2, 0) is 11.3 Å². The molecule has 0 aromatic heterocycles. The third-order valence-electron chi connectivity index (χ3n) is 4.46. The number of hydrogen-bond donors (Lipinski definition) is 0. The van der Waals surface area contributed by atoms with Crippen LogP contribution < -0.4 is 0 Å². The van der Waals surface area contributed by atoms with E-state index in [4.69, 9.17) is 0 Å². The van der Waals surface area contributed by atoms with Gasteiger partial charge in [-0.15, -0.1) is 0 Å². The molecule has 2 unspecified atom stereocenters. The van der Waals surface area contributed by atoms with Gasteiger partial charge in [-0.1, -0.05) is 42.5 Å². The zero-order chi connectivity index (χ0) is 15.5. The topological polar surface area (TPSA) is 20.3 Å². The molecule has 2 nitrogen and oxygen atoms in total. The van der Waals surface area contributed by atoms with Gasteiger partial charge in [0.2, 0.25) is 0 Å². The first-order valence-electron chi connectivity index (χ1n) is 7.65. The molecule has 0 amide bonds. The van der Waals surface area contributed by atoms with E-state index in [-0.39, 0.29) is 23.4 Å². The maximum atomic E-state index is 13.1. The Labute approximate surface area is 130 Å². The molecule has 0 saturated carbocycles. The Morgan fingerprint density at radius 2 is 1.77 bits per heavy atom. The number of hydrogen-bond acceptors (Lipinski definition) is 2. The number of ketones is 1. The summed E-state index contributed by atoms with van der Waals surface area (Å²) in [7, 11) is 0. The minimum absolute atomic E-state index is 0.00539. The largest absolute Gasteiger partial charge is 0.300 e. The fourth-order valence-electron chi connectivity index (χ4n) is 3.32. The van der Waals surface area contributed by atoms with Gasteiger partial charge in [-0.05, 0) is 30.2 Å². The molecule has 0 spiro atoms. The number of likely N-dealkylation sites (tertiary alicyclic amines) is 1. The van der Waals surface area contributed by atoms with Crippen LogP contribution in [0.5, 0.6) is 0 Å².